The lowest BCUT2D eigenvalue weighted by molar-refractivity contribution is -0.128. The summed E-state index contributed by atoms with van der Waals surface area (Å²) < 4.78 is 27.1. The number of carbonyl (C=O) groups excluding carboxylic acids is 1. The van der Waals surface area contributed by atoms with E-state index in [9.17, 15) is 13.6 Å². The maximum atomic E-state index is 13.6. The summed E-state index contributed by atoms with van der Waals surface area (Å²) in [4.78, 5) is 11.3. The lowest BCUT2D eigenvalue weighted by atomic mass is 9.94. The molecule has 0 aliphatic carbocycles. The van der Waals surface area contributed by atoms with E-state index in [1.165, 1.54) is 12.1 Å². The predicted molar refractivity (Wildman–Crippen MR) is 53.4 cm³/mol. The van der Waals surface area contributed by atoms with Gasteiger partial charge in [0.1, 0.15) is 0 Å². The number of aliphatic hydroxyl groups is 1. The zero-order valence-electron chi connectivity index (χ0n) is 8.01. The molecule has 16 heavy (non-hydrogen) atoms. The molecule has 1 aromatic carbocycles. The van der Waals surface area contributed by atoms with Gasteiger partial charge in [-0.2, -0.15) is 8.78 Å². The fourth-order valence-electron chi connectivity index (χ4n) is 1.59. The first-order chi connectivity index (χ1) is 7.46. The number of halogens is 3. The third-order valence-corrected chi connectivity index (χ3v) is 2.76. The van der Waals surface area contributed by atoms with Crippen LogP contribution in [0.2, 0.25) is 0 Å². The summed E-state index contributed by atoms with van der Waals surface area (Å²) >= 11 is 5.53. The van der Waals surface area contributed by atoms with Crippen LogP contribution >= 0.6 is 11.6 Å². The average molecular weight is 248 g/mol. The van der Waals surface area contributed by atoms with Gasteiger partial charge in [0.05, 0.1) is 0 Å². The molecular formula is C10H8ClF2NO2. The Labute approximate surface area is 95.0 Å². The summed E-state index contributed by atoms with van der Waals surface area (Å²) in [6.07, 6.45) is -2.20. The van der Waals surface area contributed by atoms with E-state index in [0.717, 1.165) is 6.07 Å². The highest BCUT2D eigenvalue weighted by Crippen LogP contribution is 2.37. The van der Waals surface area contributed by atoms with E-state index >= 15 is 0 Å². The van der Waals surface area contributed by atoms with Crippen molar-refractivity contribution >= 4 is 17.5 Å². The van der Waals surface area contributed by atoms with Crippen molar-refractivity contribution in [2.45, 2.75) is 18.0 Å². The smallest absolute Gasteiger partial charge is 0.317 e. The van der Waals surface area contributed by atoms with Gasteiger partial charge in [-0.05, 0) is 17.7 Å². The van der Waals surface area contributed by atoms with Gasteiger partial charge in [0.15, 0.2) is 6.23 Å². The second kappa shape index (κ2) is 3.68. The van der Waals surface area contributed by atoms with Crippen LogP contribution in [0.5, 0.6) is 0 Å². The van der Waals surface area contributed by atoms with Gasteiger partial charge in [-0.1, -0.05) is 6.07 Å². The monoisotopic (exact) mass is 247 g/mol. The minimum atomic E-state index is -3.49. The molecule has 2 N–H and O–H groups in total. The van der Waals surface area contributed by atoms with Gasteiger partial charge in [-0.3, -0.25) is 4.79 Å². The summed E-state index contributed by atoms with van der Waals surface area (Å²) in [5, 5.41) is 10.9. The molecule has 0 bridgehead atoms. The van der Waals surface area contributed by atoms with E-state index in [-0.39, 0.29) is 11.4 Å². The van der Waals surface area contributed by atoms with E-state index in [1.54, 1.807) is 5.32 Å². The molecule has 1 aliphatic heterocycles. The van der Waals surface area contributed by atoms with Crippen LogP contribution in [0.15, 0.2) is 18.2 Å². The predicted octanol–water partition coefficient (Wildman–Crippen LogP) is 1.58. The van der Waals surface area contributed by atoms with E-state index < -0.39 is 23.6 Å². The molecule has 86 valence electrons. The van der Waals surface area contributed by atoms with Crippen molar-refractivity contribution in [3.63, 3.8) is 0 Å². The summed E-state index contributed by atoms with van der Waals surface area (Å²) in [5.41, 5.74) is -0.145. The Morgan fingerprint density at radius 3 is 2.81 bits per heavy atom. The van der Waals surface area contributed by atoms with Gasteiger partial charge in [0.25, 0.3) is 5.91 Å². The molecular weight excluding hydrogens is 240 g/mol. The number of aliphatic hydroxyl groups excluding tert-OH is 1. The van der Waals surface area contributed by atoms with Crippen LogP contribution in [-0.2, 0) is 11.8 Å². The molecule has 1 unspecified atom stereocenters. The van der Waals surface area contributed by atoms with Crippen LogP contribution in [0.3, 0.4) is 0 Å². The minimum absolute atomic E-state index is 0.0705. The number of hydrogen-bond donors (Lipinski definition) is 2. The van der Waals surface area contributed by atoms with Crippen molar-refractivity contribution in [3.05, 3.63) is 34.9 Å². The third-order valence-electron chi connectivity index (χ3n) is 2.45. The van der Waals surface area contributed by atoms with Crippen molar-refractivity contribution in [1.29, 1.82) is 0 Å². The molecule has 2 rings (SSSR count). The van der Waals surface area contributed by atoms with E-state index in [4.69, 9.17) is 16.7 Å². The molecule has 0 saturated carbocycles. The number of fused-ring (bicyclic) bond motifs is 1. The van der Waals surface area contributed by atoms with E-state index in [1.807, 2.05) is 0 Å². The van der Waals surface area contributed by atoms with Gasteiger partial charge in [0, 0.05) is 17.0 Å². The second-order valence-electron chi connectivity index (χ2n) is 3.51. The number of amides is 1. The molecule has 6 heteroatoms. The normalized spacial score (nSPS) is 22.5. The van der Waals surface area contributed by atoms with Crippen molar-refractivity contribution < 1.29 is 18.7 Å². The Bertz CT molecular complexity index is 450. The molecule has 0 saturated heterocycles. The zero-order chi connectivity index (χ0) is 11.9. The largest absolute Gasteiger partial charge is 0.368 e. The second-order valence-corrected chi connectivity index (χ2v) is 3.78. The van der Waals surface area contributed by atoms with Gasteiger partial charge in [-0.15, -0.1) is 11.6 Å². The summed E-state index contributed by atoms with van der Waals surface area (Å²) in [6, 6.07) is 3.92. The molecule has 0 radical (unpaired) electrons. The highest BCUT2D eigenvalue weighted by molar-refractivity contribution is 6.17. The van der Waals surface area contributed by atoms with Gasteiger partial charge in [-0.25, -0.2) is 0 Å². The Balaban J connectivity index is 2.61. The number of rotatable bonds is 1. The zero-order valence-corrected chi connectivity index (χ0v) is 8.76. The maximum absolute atomic E-state index is 13.6. The van der Waals surface area contributed by atoms with Gasteiger partial charge in [0.2, 0.25) is 0 Å². The Kier molecular flexibility index (Phi) is 2.59. The fourth-order valence-corrected chi connectivity index (χ4v) is 1.75. The first kappa shape index (κ1) is 11.3. The SMILES string of the molecule is O=C1NC(O)C(F)(F)c2cc(CCl)ccc21. The molecule has 1 amide bonds. The number of benzene rings is 1. The molecule has 1 aromatic rings. The van der Waals surface area contributed by atoms with Crippen LogP contribution in [0.1, 0.15) is 21.5 Å². The molecule has 0 fully saturated rings. The Hall–Kier alpha value is -1.20. The van der Waals surface area contributed by atoms with Crippen LogP contribution in [0, 0.1) is 0 Å². The summed E-state index contributed by atoms with van der Waals surface area (Å²) in [6.45, 7) is 0. The van der Waals surface area contributed by atoms with Crippen LogP contribution in [0.4, 0.5) is 8.78 Å². The molecule has 0 aromatic heterocycles. The van der Waals surface area contributed by atoms with Crippen molar-refractivity contribution in [3.8, 4) is 0 Å². The van der Waals surface area contributed by atoms with Crippen molar-refractivity contribution in [1.82, 2.24) is 5.32 Å². The molecule has 3 nitrogen and oxygen atoms in total. The third kappa shape index (κ3) is 1.56. The number of carbonyl (C=O) groups is 1. The standard InChI is InChI=1S/C10H8ClF2NO2/c11-4-5-1-2-6-7(3-5)10(12,13)9(16)14-8(6)15/h1-3,9,16H,4H2,(H,14,15). The highest BCUT2D eigenvalue weighted by Gasteiger charge is 2.47. The number of hydrogen-bond acceptors (Lipinski definition) is 2. The van der Waals surface area contributed by atoms with Crippen LogP contribution in [0.25, 0.3) is 0 Å². The first-order valence-electron chi connectivity index (χ1n) is 4.53. The quantitative estimate of drug-likeness (QED) is 0.741. The number of alkyl halides is 3. The van der Waals surface area contributed by atoms with Gasteiger partial charge < -0.3 is 10.4 Å². The van der Waals surface area contributed by atoms with E-state index in [0.29, 0.717) is 5.56 Å². The van der Waals surface area contributed by atoms with Crippen molar-refractivity contribution in [2.24, 2.45) is 0 Å². The Morgan fingerprint density at radius 1 is 1.50 bits per heavy atom. The van der Waals surface area contributed by atoms with Crippen LogP contribution in [-0.4, -0.2) is 17.2 Å². The molecule has 0 spiro atoms. The lowest BCUT2D eigenvalue weighted by Crippen LogP contribution is -2.51. The first-order valence-corrected chi connectivity index (χ1v) is 5.06. The van der Waals surface area contributed by atoms with Crippen molar-refractivity contribution in [2.75, 3.05) is 0 Å². The highest BCUT2D eigenvalue weighted by atomic mass is 35.5. The molecule has 1 heterocycles. The molecule has 1 aliphatic rings. The van der Waals surface area contributed by atoms with E-state index in [2.05, 4.69) is 0 Å². The van der Waals surface area contributed by atoms with Crippen LogP contribution < -0.4 is 5.32 Å². The fraction of sp³-hybridized carbons (Fsp3) is 0.300. The topological polar surface area (TPSA) is 49.3 Å². The summed E-state index contributed by atoms with van der Waals surface area (Å²) in [5.74, 6) is -4.14. The minimum Gasteiger partial charge on any atom is -0.368 e. The maximum Gasteiger partial charge on any atom is 0.317 e. The Morgan fingerprint density at radius 2 is 2.19 bits per heavy atom. The lowest BCUT2D eigenvalue weighted by Gasteiger charge is -2.30. The number of nitrogens with one attached hydrogen (secondary N) is 1. The van der Waals surface area contributed by atoms with Gasteiger partial charge >= 0.3 is 5.92 Å². The summed E-state index contributed by atoms with van der Waals surface area (Å²) in [7, 11) is 0. The average Bonchev–Trinajstić information content (AvgIpc) is 2.26. The molecule has 1 atom stereocenters.